The van der Waals surface area contributed by atoms with Crippen LogP contribution in [-0.4, -0.2) is 24.5 Å². The summed E-state index contributed by atoms with van der Waals surface area (Å²) in [6.45, 7) is 3.94. The maximum absolute atomic E-state index is 12.3. The fraction of sp³-hybridized carbons (Fsp3) is 0.500. The van der Waals surface area contributed by atoms with Gasteiger partial charge in [-0.25, -0.2) is 4.79 Å². The summed E-state index contributed by atoms with van der Waals surface area (Å²) in [6, 6.07) is 3.71. The number of carbonyl (C=O) groups excluding carboxylic acids is 2. The van der Waals surface area contributed by atoms with Crippen molar-refractivity contribution < 1.29 is 23.8 Å². The highest BCUT2D eigenvalue weighted by Gasteiger charge is 2.22. The summed E-state index contributed by atoms with van der Waals surface area (Å²) >= 11 is 0. The van der Waals surface area contributed by atoms with Gasteiger partial charge in [0, 0.05) is 29.0 Å². The van der Waals surface area contributed by atoms with Crippen LogP contribution in [0.1, 0.15) is 55.7 Å². The third-order valence-corrected chi connectivity index (χ3v) is 5.37. The SMILES string of the molecule is Cc1c(O[C@H](C)C(=O)NCCCCCC(=O)[O-])ccc2c3c(c(=O)oc12)CCC3. The number of benzene rings is 1. The number of rotatable bonds is 9. The van der Waals surface area contributed by atoms with E-state index in [0.717, 1.165) is 35.8 Å². The van der Waals surface area contributed by atoms with Gasteiger partial charge in [0.1, 0.15) is 11.3 Å². The molecule has 0 unspecified atom stereocenters. The van der Waals surface area contributed by atoms with Gasteiger partial charge in [0.15, 0.2) is 6.10 Å². The molecule has 7 heteroatoms. The first-order valence-corrected chi connectivity index (χ1v) is 10.1. The van der Waals surface area contributed by atoms with E-state index >= 15 is 0 Å². The van der Waals surface area contributed by atoms with Crippen LogP contribution < -0.4 is 20.8 Å². The molecule has 0 spiro atoms. The van der Waals surface area contributed by atoms with E-state index in [1.165, 1.54) is 0 Å². The van der Waals surface area contributed by atoms with Gasteiger partial charge in [0.05, 0.1) is 0 Å². The normalized spacial score (nSPS) is 13.9. The maximum atomic E-state index is 12.3. The topological polar surface area (TPSA) is 109 Å². The van der Waals surface area contributed by atoms with E-state index in [1.54, 1.807) is 6.92 Å². The number of carbonyl (C=O) groups is 2. The molecule has 0 saturated carbocycles. The number of fused-ring (bicyclic) bond motifs is 3. The molecule has 1 aromatic heterocycles. The lowest BCUT2D eigenvalue weighted by atomic mass is 10.0. The van der Waals surface area contributed by atoms with Gasteiger partial charge in [0.2, 0.25) is 0 Å². The van der Waals surface area contributed by atoms with Gasteiger partial charge in [-0.3, -0.25) is 4.79 Å². The number of amides is 1. The van der Waals surface area contributed by atoms with E-state index in [0.29, 0.717) is 42.7 Å². The molecule has 3 rings (SSSR count). The monoisotopic (exact) mass is 400 g/mol. The van der Waals surface area contributed by atoms with E-state index in [4.69, 9.17) is 9.15 Å². The summed E-state index contributed by atoms with van der Waals surface area (Å²) in [5.41, 5.74) is 2.79. The summed E-state index contributed by atoms with van der Waals surface area (Å²) in [5, 5.41) is 14.1. The van der Waals surface area contributed by atoms with Crippen molar-refractivity contribution in [1.82, 2.24) is 5.32 Å². The number of hydrogen-bond donors (Lipinski definition) is 1. The average molecular weight is 400 g/mol. The molecular weight excluding hydrogens is 374 g/mol. The predicted octanol–water partition coefficient (Wildman–Crippen LogP) is 1.78. The third-order valence-electron chi connectivity index (χ3n) is 5.37. The Morgan fingerprint density at radius 1 is 1.21 bits per heavy atom. The van der Waals surface area contributed by atoms with Gasteiger partial charge in [-0.15, -0.1) is 0 Å². The lowest BCUT2D eigenvalue weighted by Gasteiger charge is -2.17. The standard InChI is InChI=1S/C22H27NO6/c1-13-18(28-14(2)21(26)23-12-5-3-4-9-19(24)25)11-10-16-15-7-6-8-17(15)22(27)29-20(13)16/h10-11,14H,3-9,12H2,1-2H3,(H,23,26)(H,24,25)/p-1/t14-/m1/s1. The molecule has 7 nitrogen and oxygen atoms in total. The molecule has 156 valence electrons. The molecule has 29 heavy (non-hydrogen) atoms. The highest BCUT2D eigenvalue weighted by Crippen LogP contribution is 2.33. The zero-order chi connectivity index (χ0) is 21.0. The third kappa shape index (κ3) is 4.78. The molecule has 0 aliphatic heterocycles. The minimum absolute atomic E-state index is 0.0357. The maximum Gasteiger partial charge on any atom is 0.339 e. The van der Waals surface area contributed by atoms with Crippen molar-refractivity contribution in [1.29, 1.82) is 0 Å². The van der Waals surface area contributed by atoms with Crippen LogP contribution in [0.3, 0.4) is 0 Å². The zero-order valence-corrected chi connectivity index (χ0v) is 16.8. The average Bonchev–Trinajstić information content (AvgIpc) is 3.17. The smallest absolute Gasteiger partial charge is 0.339 e. The van der Waals surface area contributed by atoms with Crippen LogP contribution in [-0.2, 0) is 22.4 Å². The molecule has 1 amide bonds. The quantitative estimate of drug-likeness (QED) is 0.508. The van der Waals surface area contributed by atoms with Crippen molar-refractivity contribution in [3.05, 3.63) is 39.2 Å². The van der Waals surface area contributed by atoms with Crippen molar-refractivity contribution in [2.45, 2.75) is 64.9 Å². The Labute approximate surface area is 169 Å². The summed E-state index contributed by atoms with van der Waals surface area (Å²) in [6.07, 6.45) is 3.85. The summed E-state index contributed by atoms with van der Waals surface area (Å²) < 4.78 is 11.4. The Kier molecular flexibility index (Phi) is 6.56. The van der Waals surface area contributed by atoms with Crippen molar-refractivity contribution >= 4 is 22.8 Å². The molecule has 1 aliphatic carbocycles. The molecule has 0 bridgehead atoms. The Bertz CT molecular complexity index is 977. The number of carboxylic acids is 1. The second-order valence-corrected chi connectivity index (χ2v) is 7.50. The Hall–Kier alpha value is -2.83. The minimum atomic E-state index is -1.05. The highest BCUT2D eigenvalue weighted by atomic mass is 16.5. The summed E-state index contributed by atoms with van der Waals surface area (Å²) in [7, 11) is 0. The Morgan fingerprint density at radius 3 is 2.72 bits per heavy atom. The fourth-order valence-electron chi connectivity index (χ4n) is 3.76. The van der Waals surface area contributed by atoms with E-state index in [2.05, 4.69) is 5.32 Å². The van der Waals surface area contributed by atoms with Gasteiger partial charge < -0.3 is 24.4 Å². The second kappa shape index (κ2) is 9.11. The summed E-state index contributed by atoms with van der Waals surface area (Å²) in [5.74, 6) is -0.794. The number of ether oxygens (including phenoxy) is 1. The largest absolute Gasteiger partial charge is 0.550 e. The molecule has 0 radical (unpaired) electrons. The van der Waals surface area contributed by atoms with Gasteiger partial charge in [0.25, 0.3) is 5.91 Å². The summed E-state index contributed by atoms with van der Waals surface area (Å²) in [4.78, 5) is 34.9. The number of aliphatic carboxylic acids is 1. The highest BCUT2D eigenvalue weighted by molar-refractivity contribution is 5.86. The number of carboxylic acid groups (broad SMARTS) is 1. The van der Waals surface area contributed by atoms with Crippen molar-refractivity contribution in [2.75, 3.05) is 6.54 Å². The van der Waals surface area contributed by atoms with Crippen LogP contribution in [0.25, 0.3) is 11.0 Å². The van der Waals surface area contributed by atoms with E-state index in [9.17, 15) is 19.5 Å². The first kappa shape index (κ1) is 20.9. The fourth-order valence-corrected chi connectivity index (χ4v) is 3.76. The van der Waals surface area contributed by atoms with Crippen molar-refractivity contribution in [2.24, 2.45) is 0 Å². The van der Waals surface area contributed by atoms with Crippen LogP contribution in [0.5, 0.6) is 5.75 Å². The lowest BCUT2D eigenvalue weighted by molar-refractivity contribution is -0.305. The van der Waals surface area contributed by atoms with Crippen molar-refractivity contribution in [3.8, 4) is 5.75 Å². The van der Waals surface area contributed by atoms with Gasteiger partial charge in [-0.05, 0) is 70.1 Å². The molecule has 1 heterocycles. The molecule has 1 N–H and O–H groups in total. The molecule has 1 aliphatic rings. The first-order valence-electron chi connectivity index (χ1n) is 10.1. The number of aryl methyl sites for hydroxylation is 2. The lowest BCUT2D eigenvalue weighted by Crippen LogP contribution is -2.37. The van der Waals surface area contributed by atoms with Crippen molar-refractivity contribution in [3.63, 3.8) is 0 Å². The van der Waals surface area contributed by atoms with E-state index in [1.807, 2.05) is 19.1 Å². The molecule has 1 atom stereocenters. The Balaban J connectivity index is 1.62. The second-order valence-electron chi connectivity index (χ2n) is 7.50. The molecule has 0 fully saturated rings. The molecule has 1 aromatic carbocycles. The minimum Gasteiger partial charge on any atom is -0.550 e. The predicted molar refractivity (Wildman–Crippen MR) is 106 cm³/mol. The zero-order valence-electron chi connectivity index (χ0n) is 16.8. The molecule has 2 aromatic rings. The van der Waals surface area contributed by atoms with Gasteiger partial charge >= 0.3 is 5.63 Å². The van der Waals surface area contributed by atoms with Crippen LogP contribution in [0.2, 0.25) is 0 Å². The van der Waals surface area contributed by atoms with E-state index in [-0.39, 0.29) is 18.0 Å². The van der Waals surface area contributed by atoms with Gasteiger partial charge in [-0.1, -0.05) is 6.42 Å². The van der Waals surface area contributed by atoms with Crippen LogP contribution in [0.4, 0.5) is 0 Å². The first-order chi connectivity index (χ1) is 13.9. The number of hydrogen-bond acceptors (Lipinski definition) is 6. The number of unbranched alkanes of at least 4 members (excludes halogenated alkanes) is 2. The Morgan fingerprint density at radius 2 is 1.97 bits per heavy atom. The molecular formula is C22H26NO6-. The van der Waals surface area contributed by atoms with Crippen LogP contribution >= 0.6 is 0 Å². The molecule has 0 saturated heterocycles. The van der Waals surface area contributed by atoms with Crippen LogP contribution in [0.15, 0.2) is 21.3 Å². The van der Waals surface area contributed by atoms with Gasteiger partial charge in [-0.2, -0.15) is 0 Å². The van der Waals surface area contributed by atoms with E-state index < -0.39 is 12.1 Å². The number of nitrogens with one attached hydrogen (secondary N) is 1. The van der Waals surface area contributed by atoms with Crippen LogP contribution in [0, 0.1) is 6.92 Å².